The summed E-state index contributed by atoms with van der Waals surface area (Å²) >= 11 is 8.50. The van der Waals surface area contributed by atoms with Gasteiger partial charge in [0.05, 0.1) is 10.0 Å². The molecule has 2 nitrogen and oxygen atoms in total. The molecule has 0 aromatic heterocycles. The fourth-order valence-electron chi connectivity index (χ4n) is 1.62. The second-order valence-corrected chi connectivity index (χ2v) is 5.14. The molecule has 0 saturated carbocycles. The molecule has 0 fully saturated rings. The summed E-state index contributed by atoms with van der Waals surface area (Å²) in [7, 11) is 0. The summed E-state index contributed by atoms with van der Waals surface area (Å²) in [6.07, 6.45) is 0. The molecule has 0 aliphatic carbocycles. The molecule has 4 heteroatoms. The molecular weight excluding hydrogens is 310 g/mol. The molecule has 2 aromatic rings. The van der Waals surface area contributed by atoms with Crippen LogP contribution in [0.5, 0.6) is 11.5 Å². The summed E-state index contributed by atoms with van der Waals surface area (Å²) in [6.45, 7) is 1.97. The monoisotopic (exact) mass is 321 g/mol. The molecule has 0 radical (unpaired) electrons. The number of benzene rings is 2. The fraction of sp³-hybridized carbons (Fsp3) is 0.0714. The Kier molecular flexibility index (Phi) is 3.99. The van der Waals surface area contributed by atoms with Crippen LogP contribution in [-0.2, 0) is 0 Å². The van der Waals surface area contributed by atoms with Crippen molar-refractivity contribution in [2.45, 2.75) is 6.92 Å². The standard InChI is InChI=1S/C14H12BrNOS/c1-9-5-4-6-10(14(16)18)13(9)17-12-8-3-2-7-11(12)15/h2-8H,1H3,(H2,16,18). The van der Waals surface area contributed by atoms with Gasteiger partial charge in [-0.15, -0.1) is 0 Å². The Balaban J connectivity index is 2.46. The third-order valence-electron chi connectivity index (χ3n) is 2.53. The van der Waals surface area contributed by atoms with Gasteiger partial charge in [0.15, 0.2) is 0 Å². The van der Waals surface area contributed by atoms with Crippen molar-refractivity contribution in [1.82, 2.24) is 0 Å². The summed E-state index contributed by atoms with van der Waals surface area (Å²) in [5.41, 5.74) is 7.46. The summed E-state index contributed by atoms with van der Waals surface area (Å²) in [5.74, 6) is 1.45. The highest BCUT2D eigenvalue weighted by molar-refractivity contribution is 9.10. The fourth-order valence-corrected chi connectivity index (χ4v) is 2.15. The van der Waals surface area contributed by atoms with E-state index in [1.807, 2.05) is 49.4 Å². The van der Waals surface area contributed by atoms with Gasteiger partial charge in [-0.25, -0.2) is 0 Å². The van der Waals surface area contributed by atoms with Gasteiger partial charge < -0.3 is 10.5 Å². The number of rotatable bonds is 3. The van der Waals surface area contributed by atoms with Crippen LogP contribution in [0.3, 0.4) is 0 Å². The molecule has 0 aliphatic heterocycles. The van der Waals surface area contributed by atoms with Crippen molar-refractivity contribution in [2.75, 3.05) is 0 Å². The number of aryl methyl sites for hydroxylation is 1. The van der Waals surface area contributed by atoms with E-state index in [0.717, 1.165) is 21.3 Å². The first kappa shape index (κ1) is 13.1. The highest BCUT2D eigenvalue weighted by Crippen LogP contribution is 2.33. The molecule has 0 aliphatic rings. The predicted molar refractivity (Wildman–Crippen MR) is 81.3 cm³/mol. The van der Waals surface area contributed by atoms with Gasteiger partial charge >= 0.3 is 0 Å². The molecule has 0 unspecified atom stereocenters. The first-order chi connectivity index (χ1) is 8.59. The van der Waals surface area contributed by atoms with Gasteiger partial charge in [0.1, 0.15) is 16.5 Å². The van der Waals surface area contributed by atoms with Gasteiger partial charge in [0.25, 0.3) is 0 Å². The zero-order valence-corrected chi connectivity index (χ0v) is 12.2. The van der Waals surface area contributed by atoms with Gasteiger partial charge in [0, 0.05) is 0 Å². The van der Waals surface area contributed by atoms with Gasteiger partial charge in [-0.2, -0.15) is 0 Å². The Hall–Kier alpha value is -1.39. The zero-order valence-electron chi connectivity index (χ0n) is 9.81. The third-order valence-corrected chi connectivity index (χ3v) is 3.40. The van der Waals surface area contributed by atoms with Crippen molar-refractivity contribution in [1.29, 1.82) is 0 Å². The van der Waals surface area contributed by atoms with Crippen LogP contribution >= 0.6 is 28.1 Å². The SMILES string of the molecule is Cc1cccc(C(N)=S)c1Oc1ccccc1Br. The number of thiocarbonyl (C=S) groups is 1. The van der Waals surface area contributed by atoms with E-state index in [1.54, 1.807) is 0 Å². The normalized spacial score (nSPS) is 10.1. The first-order valence-electron chi connectivity index (χ1n) is 5.41. The molecule has 2 aromatic carbocycles. The van der Waals surface area contributed by atoms with Crippen molar-refractivity contribution in [3.63, 3.8) is 0 Å². The van der Waals surface area contributed by atoms with Crippen molar-refractivity contribution in [3.05, 3.63) is 58.1 Å². The van der Waals surface area contributed by atoms with Crippen LogP contribution in [-0.4, -0.2) is 4.99 Å². The second-order valence-electron chi connectivity index (χ2n) is 3.85. The van der Waals surface area contributed by atoms with Crippen LogP contribution < -0.4 is 10.5 Å². The zero-order chi connectivity index (χ0) is 13.1. The van der Waals surface area contributed by atoms with E-state index in [9.17, 15) is 0 Å². The van der Waals surface area contributed by atoms with Gasteiger partial charge in [-0.05, 0) is 46.6 Å². The molecule has 0 heterocycles. The van der Waals surface area contributed by atoms with Crippen LogP contribution in [0.15, 0.2) is 46.9 Å². The molecule has 2 rings (SSSR count). The summed E-state index contributed by atoms with van der Waals surface area (Å²) < 4.78 is 6.81. The van der Waals surface area contributed by atoms with Crippen LogP contribution in [0.1, 0.15) is 11.1 Å². The molecule has 18 heavy (non-hydrogen) atoms. The van der Waals surface area contributed by atoms with E-state index in [-0.39, 0.29) is 0 Å². The predicted octanol–water partition coefficient (Wildman–Crippen LogP) is 4.18. The number of para-hydroxylation sites is 2. The molecule has 0 amide bonds. The van der Waals surface area contributed by atoms with Crippen molar-refractivity contribution in [2.24, 2.45) is 5.73 Å². The van der Waals surface area contributed by atoms with Gasteiger partial charge in [-0.3, -0.25) is 0 Å². The van der Waals surface area contributed by atoms with Gasteiger partial charge in [0.2, 0.25) is 0 Å². The van der Waals surface area contributed by atoms with Crippen molar-refractivity contribution >= 4 is 33.1 Å². The van der Waals surface area contributed by atoms with E-state index >= 15 is 0 Å². The first-order valence-corrected chi connectivity index (χ1v) is 6.61. The molecule has 0 atom stereocenters. The van der Waals surface area contributed by atoms with E-state index < -0.39 is 0 Å². The van der Waals surface area contributed by atoms with Crippen LogP contribution in [0.4, 0.5) is 0 Å². The van der Waals surface area contributed by atoms with Crippen LogP contribution in [0.2, 0.25) is 0 Å². The number of halogens is 1. The lowest BCUT2D eigenvalue weighted by Gasteiger charge is -2.13. The van der Waals surface area contributed by atoms with E-state index in [1.165, 1.54) is 0 Å². The Morgan fingerprint density at radius 1 is 1.17 bits per heavy atom. The molecule has 2 N–H and O–H groups in total. The van der Waals surface area contributed by atoms with Gasteiger partial charge in [-0.1, -0.05) is 36.5 Å². The Morgan fingerprint density at radius 3 is 2.56 bits per heavy atom. The van der Waals surface area contributed by atoms with Crippen molar-refractivity contribution in [3.8, 4) is 11.5 Å². The topological polar surface area (TPSA) is 35.2 Å². The maximum Gasteiger partial charge on any atom is 0.141 e. The van der Waals surface area contributed by atoms with Crippen LogP contribution in [0, 0.1) is 6.92 Å². The number of nitrogens with two attached hydrogens (primary N) is 1. The maximum absolute atomic E-state index is 5.92. The largest absolute Gasteiger partial charge is 0.455 e. The Labute approximate surface area is 120 Å². The Bertz CT molecular complexity index is 598. The quantitative estimate of drug-likeness (QED) is 0.861. The minimum absolute atomic E-state index is 0.334. The average molecular weight is 322 g/mol. The summed E-state index contributed by atoms with van der Waals surface area (Å²) in [6, 6.07) is 13.4. The minimum Gasteiger partial charge on any atom is -0.455 e. The van der Waals surface area contributed by atoms with E-state index in [2.05, 4.69) is 15.9 Å². The minimum atomic E-state index is 0.334. The van der Waals surface area contributed by atoms with Crippen LogP contribution in [0.25, 0.3) is 0 Å². The maximum atomic E-state index is 5.92. The lowest BCUT2D eigenvalue weighted by molar-refractivity contribution is 0.475. The molecule has 0 spiro atoms. The smallest absolute Gasteiger partial charge is 0.141 e. The lowest BCUT2D eigenvalue weighted by atomic mass is 10.1. The highest BCUT2D eigenvalue weighted by Gasteiger charge is 2.11. The van der Waals surface area contributed by atoms with E-state index in [4.69, 9.17) is 22.7 Å². The van der Waals surface area contributed by atoms with E-state index in [0.29, 0.717) is 10.7 Å². The molecular formula is C14H12BrNOS. The molecule has 92 valence electrons. The summed E-state index contributed by atoms with van der Waals surface area (Å²) in [5, 5.41) is 0. The number of ether oxygens (including phenoxy) is 1. The number of hydrogen-bond donors (Lipinski definition) is 1. The lowest BCUT2D eigenvalue weighted by Crippen LogP contribution is -2.11. The highest BCUT2D eigenvalue weighted by atomic mass is 79.9. The Morgan fingerprint density at radius 2 is 1.89 bits per heavy atom. The third kappa shape index (κ3) is 2.71. The second kappa shape index (κ2) is 5.50. The molecule has 0 saturated heterocycles. The van der Waals surface area contributed by atoms with Crippen molar-refractivity contribution < 1.29 is 4.74 Å². The molecule has 0 bridgehead atoms. The average Bonchev–Trinajstić information content (AvgIpc) is 2.34. The number of hydrogen-bond acceptors (Lipinski definition) is 2. The summed E-state index contributed by atoms with van der Waals surface area (Å²) in [4.78, 5) is 0.334.